The number of H-pyrrole nitrogens is 1. The first-order chi connectivity index (χ1) is 4.38. The molecular weight excluding hydrogens is 116 g/mol. The summed E-state index contributed by atoms with van der Waals surface area (Å²) in [4.78, 5) is 0. The predicted molar refractivity (Wildman–Crippen MR) is 32.1 cm³/mol. The number of nitrogens with zero attached hydrogens (tertiary/aromatic N) is 3. The molecule has 2 aromatic heterocycles. The number of rotatable bonds is 0. The van der Waals surface area contributed by atoms with Gasteiger partial charge in [-0.15, -0.1) is 5.10 Å². The van der Waals surface area contributed by atoms with Crippen molar-refractivity contribution in [3.05, 3.63) is 18.0 Å². The maximum atomic E-state index is 3.84. The predicted octanol–water partition coefficient (Wildman–Crippen LogP) is 0.366. The lowest BCUT2D eigenvalue weighted by molar-refractivity contribution is 0.754. The Morgan fingerprint density at radius 2 is 2.56 bits per heavy atom. The zero-order chi connectivity index (χ0) is 6.27. The van der Waals surface area contributed by atoms with Gasteiger partial charge < -0.3 is 0 Å². The van der Waals surface area contributed by atoms with Crippen LogP contribution in [-0.2, 0) is 0 Å². The summed E-state index contributed by atoms with van der Waals surface area (Å²) in [5.74, 6) is 0. The van der Waals surface area contributed by atoms with Gasteiger partial charge in [-0.05, 0) is 18.2 Å². The number of hydrogen-bond acceptors (Lipinski definition) is 2. The Kier molecular flexibility index (Phi) is 0.677. The summed E-state index contributed by atoms with van der Waals surface area (Å²) in [6.45, 7) is 1.93. The van der Waals surface area contributed by atoms with E-state index >= 15 is 0 Å². The Balaban J connectivity index is 2.99. The molecule has 0 bridgehead atoms. The van der Waals surface area contributed by atoms with Gasteiger partial charge in [0.15, 0.2) is 0 Å². The lowest BCUT2D eigenvalue weighted by Gasteiger charge is -1.74. The van der Waals surface area contributed by atoms with Crippen molar-refractivity contribution >= 4 is 5.52 Å². The van der Waals surface area contributed by atoms with E-state index in [0.29, 0.717) is 0 Å². The van der Waals surface area contributed by atoms with Crippen molar-refractivity contribution in [2.75, 3.05) is 0 Å². The third-order valence-electron chi connectivity index (χ3n) is 1.32. The topological polar surface area (TPSA) is 46.0 Å². The number of fused-ring (bicyclic) bond motifs is 1. The van der Waals surface area contributed by atoms with Crippen LogP contribution in [0.2, 0.25) is 0 Å². The van der Waals surface area contributed by atoms with Crippen molar-refractivity contribution in [2.45, 2.75) is 6.92 Å². The molecule has 4 heteroatoms. The molecule has 2 rings (SSSR count). The third-order valence-corrected chi connectivity index (χ3v) is 1.32. The highest BCUT2D eigenvalue weighted by Crippen LogP contribution is 2.01. The van der Waals surface area contributed by atoms with Gasteiger partial charge in [-0.3, -0.25) is 5.10 Å². The van der Waals surface area contributed by atoms with Crippen LogP contribution in [0.5, 0.6) is 0 Å². The summed E-state index contributed by atoms with van der Waals surface area (Å²) in [5.41, 5.74) is 1.99. The first-order valence-corrected chi connectivity index (χ1v) is 2.73. The number of aromatic amines is 1. The fourth-order valence-corrected chi connectivity index (χ4v) is 0.838. The van der Waals surface area contributed by atoms with Crippen molar-refractivity contribution in [1.29, 1.82) is 0 Å². The van der Waals surface area contributed by atoms with Crippen LogP contribution in [0.25, 0.3) is 5.52 Å². The quantitative estimate of drug-likeness (QED) is 0.548. The summed E-state index contributed by atoms with van der Waals surface area (Å²) in [5, 5.41) is 10.5. The summed E-state index contributed by atoms with van der Waals surface area (Å²) in [6.07, 6.45) is 1.83. The van der Waals surface area contributed by atoms with Crippen molar-refractivity contribution in [1.82, 2.24) is 20.0 Å². The van der Waals surface area contributed by atoms with Crippen molar-refractivity contribution in [2.24, 2.45) is 0 Å². The van der Waals surface area contributed by atoms with Gasteiger partial charge in [0.2, 0.25) is 0 Å². The summed E-state index contributed by atoms with van der Waals surface area (Å²) >= 11 is 0. The van der Waals surface area contributed by atoms with E-state index in [4.69, 9.17) is 0 Å². The summed E-state index contributed by atoms with van der Waals surface area (Å²) in [7, 11) is 0. The van der Waals surface area contributed by atoms with Gasteiger partial charge in [0.05, 0.1) is 5.69 Å². The van der Waals surface area contributed by atoms with Crippen LogP contribution < -0.4 is 0 Å². The van der Waals surface area contributed by atoms with Crippen LogP contribution >= 0.6 is 0 Å². The SMILES string of the molecule is Cc1nnn2[nH]ccc12. The Bertz CT molecular complexity index is 318. The van der Waals surface area contributed by atoms with E-state index < -0.39 is 0 Å². The largest absolute Gasteiger partial charge is 0.284 e. The Morgan fingerprint density at radius 1 is 1.67 bits per heavy atom. The van der Waals surface area contributed by atoms with Gasteiger partial charge in [0.1, 0.15) is 5.52 Å². The summed E-state index contributed by atoms with van der Waals surface area (Å²) in [6, 6.07) is 1.94. The Labute approximate surface area is 51.5 Å². The standard InChI is InChI=1S/C5H6N4/c1-4-5-2-3-6-9(5)8-7-4/h2-3,6H,1H3. The van der Waals surface area contributed by atoms with Gasteiger partial charge >= 0.3 is 0 Å². The molecule has 0 aliphatic rings. The minimum Gasteiger partial charge on any atom is -0.284 e. The molecule has 0 aromatic carbocycles. The maximum absolute atomic E-state index is 3.84. The first-order valence-electron chi connectivity index (χ1n) is 2.73. The number of aryl methyl sites for hydroxylation is 1. The van der Waals surface area contributed by atoms with Crippen molar-refractivity contribution in [3.63, 3.8) is 0 Å². The molecule has 0 aliphatic heterocycles. The zero-order valence-corrected chi connectivity index (χ0v) is 5.00. The van der Waals surface area contributed by atoms with E-state index in [1.807, 2.05) is 19.2 Å². The molecule has 4 nitrogen and oxygen atoms in total. The van der Waals surface area contributed by atoms with Gasteiger partial charge in [-0.25, -0.2) is 0 Å². The highest BCUT2D eigenvalue weighted by atomic mass is 15.5. The molecule has 2 heterocycles. The highest BCUT2D eigenvalue weighted by Gasteiger charge is 1.97. The average Bonchev–Trinajstić information content (AvgIpc) is 2.35. The third kappa shape index (κ3) is 0.468. The molecule has 0 unspecified atom stereocenters. The van der Waals surface area contributed by atoms with Crippen molar-refractivity contribution in [3.8, 4) is 0 Å². The van der Waals surface area contributed by atoms with Crippen LogP contribution in [0.1, 0.15) is 5.69 Å². The minimum absolute atomic E-state index is 0.955. The molecule has 0 aliphatic carbocycles. The maximum Gasteiger partial charge on any atom is 0.110 e. The normalized spacial score (nSPS) is 10.8. The van der Waals surface area contributed by atoms with E-state index in [1.165, 1.54) is 0 Å². The van der Waals surface area contributed by atoms with E-state index in [2.05, 4.69) is 15.4 Å². The molecule has 46 valence electrons. The van der Waals surface area contributed by atoms with Crippen LogP contribution in [-0.4, -0.2) is 20.0 Å². The van der Waals surface area contributed by atoms with E-state index in [9.17, 15) is 0 Å². The monoisotopic (exact) mass is 122 g/mol. The number of hydrogen-bond donors (Lipinski definition) is 1. The highest BCUT2D eigenvalue weighted by molar-refractivity contribution is 5.48. The fourth-order valence-electron chi connectivity index (χ4n) is 0.838. The van der Waals surface area contributed by atoms with E-state index in [1.54, 1.807) is 4.63 Å². The van der Waals surface area contributed by atoms with Crippen molar-refractivity contribution < 1.29 is 0 Å². The minimum atomic E-state index is 0.955. The van der Waals surface area contributed by atoms with Crippen LogP contribution in [0.3, 0.4) is 0 Å². The van der Waals surface area contributed by atoms with Gasteiger partial charge in [0, 0.05) is 6.20 Å². The molecule has 0 fully saturated rings. The zero-order valence-electron chi connectivity index (χ0n) is 5.00. The van der Waals surface area contributed by atoms with E-state index in [0.717, 1.165) is 11.2 Å². The molecule has 1 N–H and O–H groups in total. The smallest absolute Gasteiger partial charge is 0.110 e. The second-order valence-electron chi connectivity index (χ2n) is 1.93. The Hall–Kier alpha value is -1.32. The summed E-state index contributed by atoms with van der Waals surface area (Å²) < 4.78 is 1.63. The molecule has 2 aromatic rings. The molecule has 0 saturated heterocycles. The molecular formula is C5H6N4. The molecule has 0 atom stereocenters. The molecule has 0 amide bonds. The fraction of sp³-hybridized carbons (Fsp3) is 0.200. The molecule has 9 heavy (non-hydrogen) atoms. The van der Waals surface area contributed by atoms with Crippen LogP contribution in [0, 0.1) is 6.92 Å². The Morgan fingerprint density at radius 3 is 3.33 bits per heavy atom. The average molecular weight is 122 g/mol. The molecule has 0 spiro atoms. The second kappa shape index (κ2) is 1.34. The molecule has 0 radical (unpaired) electrons. The van der Waals surface area contributed by atoms with Crippen LogP contribution in [0.4, 0.5) is 0 Å². The van der Waals surface area contributed by atoms with Gasteiger partial charge in [-0.1, -0.05) is 0 Å². The lowest BCUT2D eigenvalue weighted by Crippen LogP contribution is -1.83. The van der Waals surface area contributed by atoms with Gasteiger partial charge in [0.25, 0.3) is 0 Å². The molecule has 0 saturated carbocycles. The number of nitrogens with one attached hydrogen (secondary N) is 1. The van der Waals surface area contributed by atoms with Crippen LogP contribution in [0.15, 0.2) is 12.3 Å². The first kappa shape index (κ1) is 4.55. The second-order valence-corrected chi connectivity index (χ2v) is 1.93. The lowest BCUT2D eigenvalue weighted by atomic mass is 10.4. The van der Waals surface area contributed by atoms with Gasteiger partial charge in [-0.2, -0.15) is 4.63 Å². The number of aromatic nitrogens is 4. The van der Waals surface area contributed by atoms with E-state index in [-0.39, 0.29) is 0 Å².